The predicted molar refractivity (Wildman–Crippen MR) is 97.5 cm³/mol. The smallest absolute Gasteiger partial charge is 0.255 e. The molecule has 0 radical (unpaired) electrons. The fraction of sp³-hybridized carbons (Fsp3) is 0.421. The van der Waals surface area contributed by atoms with Crippen LogP contribution in [0.5, 0.6) is 5.75 Å². The number of benzene rings is 1. The van der Waals surface area contributed by atoms with Crippen LogP contribution in [0.3, 0.4) is 0 Å². The van der Waals surface area contributed by atoms with Crippen LogP contribution in [0.1, 0.15) is 41.0 Å². The van der Waals surface area contributed by atoms with Crippen molar-refractivity contribution in [3.05, 3.63) is 52.2 Å². The molecule has 2 aromatic rings. The standard InChI is InChI=1S/C19H24N2O2S/c1-14-8-10-21(11-9-14)16(18-7-4-12-24-18)13-20-19(23)15-5-2-3-6-17(15)22/h2-7,12,14,16,22H,8-11,13H2,1H3,(H,20,23). The van der Waals surface area contributed by atoms with Gasteiger partial charge in [0.05, 0.1) is 11.6 Å². The molecule has 1 atom stereocenters. The number of para-hydroxylation sites is 1. The third-order valence-electron chi connectivity index (χ3n) is 4.74. The zero-order chi connectivity index (χ0) is 16.9. The van der Waals surface area contributed by atoms with E-state index in [4.69, 9.17) is 0 Å². The minimum atomic E-state index is -0.222. The van der Waals surface area contributed by atoms with Gasteiger partial charge in [0, 0.05) is 11.4 Å². The summed E-state index contributed by atoms with van der Waals surface area (Å²) in [7, 11) is 0. The summed E-state index contributed by atoms with van der Waals surface area (Å²) in [5.74, 6) is 0.579. The summed E-state index contributed by atoms with van der Waals surface area (Å²) in [5, 5.41) is 14.9. The lowest BCUT2D eigenvalue weighted by molar-refractivity contribution is 0.0912. The molecular weight excluding hydrogens is 320 g/mol. The first-order valence-electron chi connectivity index (χ1n) is 8.49. The van der Waals surface area contributed by atoms with Gasteiger partial charge in [-0.2, -0.15) is 0 Å². The lowest BCUT2D eigenvalue weighted by atomic mass is 9.97. The Morgan fingerprint density at radius 2 is 2.04 bits per heavy atom. The molecule has 1 aromatic carbocycles. The Balaban J connectivity index is 1.68. The summed E-state index contributed by atoms with van der Waals surface area (Å²) < 4.78 is 0. The van der Waals surface area contributed by atoms with Crippen LogP contribution in [-0.2, 0) is 0 Å². The Morgan fingerprint density at radius 1 is 1.29 bits per heavy atom. The number of amides is 1. The number of rotatable bonds is 5. The highest BCUT2D eigenvalue weighted by Gasteiger charge is 2.26. The van der Waals surface area contributed by atoms with Crippen molar-refractivity contribution in [2.45, 2.75) is 25.8 Å². The average molecular weight is 344 g/mol. The van der Waals surface area contributed by atoms with Crippen LogP contribution in [0.15, 0.2) is 41.8 Å². The third-order valence-corrected chi connectivity index (χ3v) is 5.71. The van der Waals surface area contributed by atoms with Gasteiger partial charge in [0.25, 0.3) is 5.91 Å². The van der Waals surface area contributed by atoms with Gasteiger partial charge >= 0.3 is 0 Å². The summed E-state index contributed by atoms with van der Waals surface area (Å²) in [4.78, 5) is 16.1. The maximum Gasteiger partial charge on any atom is 0.255 e. The average Bonchev–Trinajstić information content (AvgIpc) is 3.11. The first-order valence-corrected chi connectivity index (χ1v) is 9.36. The van der Waals surface area contributed by atoms with Crippen LogP contribution < -0.4 is 5.32 Å². The molecule has 24 heavy (non-hydrogen) atoms. The van der Waals surface area contributed by atoms with Gasteiger partial charge in [-0.3, -0.25) is 9.69 Å². The Morgan fingerprint density at radius 3 is 2.71 bits per heavy atom. The van der Waals surface area contributed by atoms with Crippen molar-refractivity contribution in [1.29, 1.82) is 0 Å². The highest BCUT2D eigenvalue weighted by Crippen LogP contribution is 2.29. The molecule has 1 aromatic heterocycles. The van der Waals surface area contributed by atoms with E-state index in [0.717, 1.165) is 19.0 Å². The second-order valence-electron chi connectivity index (χ2n) is 6.48. The molecule has 0 aliphatic carbocycles. The van der Waals surface area contributed by atoms with Gasteiger partial charge in [0.15, 0.2) is 0 Å². The van der Waals surface area contributed by atoms with Gasteiger partial charge in [-0.1, -0.05) is 25.1 Å². The highest BCUT2D eigenvalue weighted by atomic mass is 32.1. The maximum absolute atomic E-state index is 12.4. The Bertz CT molecular complexity index is 664. The molecular formula is C19H24N2O2S. The zero-order valence-electron chi connectivity index (χ0n) is 13.9. The molecule has 1 fully saturated rings. The van der Waals surface area contributed by atoms with Crippen LogP contribution in [0.25, 0.3) is 0 Å². The van der Waals surface area contributed by atoms with Crippen LogP contribution in [0.2, 0.25) is 0 Å². The number of phenols is 1. The van der Waals surface area contributed by atoms with Gasteiger partial charge in [-0.15, -0.1) is 11.3 Å². The molecule has 1 unspecified atom stereocenters. The van der Waals surface area contributed by atoms with E-state index in [1.807, 2.05) is 0 Å². The van der Waals surface area contributed by atoms with Crippen molar-refractivity contribution >= 4 is 17.2 Å². The zero-order valence-corrected chi connectivity index (χ0v) is 14.8. The van der Waals surface area contributed by atoms with Crippen LogP contribution in [-0.4, -0.2) is 35.5 Å². The summed E-state index contributed by atoms with van der Waals surface area (Å²) >= 11 is 1.73. The monoisotopic (exact) mass is 344 g/mol. The fourth-order valence-electron chi connectivity index (χ4n) is 3.18. The number of carbonyl (C=O) groups excluding carboxylic acids is 1. The van der Waals surface area contributed by atoms with Gasteiger partial charge in [0.2, 0.25) is 0 Å². The number of likely N-dealkylation sites (tertiary alicyclic amines) is 1. The second kappa shape index (κ2) is 7.81. The van der Waals surface area contributed by atoms with Gasteiger partial charge < -0.3 is 10.4 Å². The van der Waals surface area contributed by atoms with Crippen molar-refractivity contribution in [2.75, 3.05) is 19.6 Å². The van der Waals surface area contributed by atoms with Gasteiger partial charge in [-0.25, -0.2) is 0 Å². The van der Waals surface area contributed by atoms with Crippen molar-refractivity contribution in [3.8, 4) is 5.75 Å². The van der Waals surface area contributed by atoms with Crippen molar-refractivity contribution < 1.29 is 9.90 Å². The predicted octanol–water partition coefficient (Wildman–Crippen LogP) is 3.66. The molecule has 1 saturated heterocycles. The van der Waals surface area contributed by atoms with Gasteiger partial charge in [0.1, 0.15) is 5.75 Å². The van der Waals surface area contributed by atoms with Crippen LogP contribution >= 0.6 is 11.3 Å². The van der Waals surface area contributed by atoms with Crippen molar-refractivity contribution in [2.24, 2.45) is 5.92 Å². The summed E-state index contributed by atoms with van der Waals surface area (Å²) in [6.45, 7) is 4.99. The third kappa shape index (κ3) is 3.97. The Labute approximate surface area is 147 Å². The van der Waals surface area contributed by atoms with E-state index in [2.05, 4.69) is 34.7 Å². The molecule has 0 bridgehead atoms. The molecule has 128 valence electrons. The first kappa shape index (κ1) is 17.0. The Hall–Kier alpha value is -1.85. The maximum atomic E-state index is 12.4. The van der Waals surface area contributed by atoms with E-state index in [9.17, 15) is 9.90 Å². The minimum absolute atomic E-state index is 0.0227. The highest BCUT2D eigenvalue weighted by molar-refractivity contribution is 7.10. The van der Waals surface area contributed by atoms with Crippen LogP contribution in [0.4, 0.5) is 0 Å². The van der Waals surface area contributed by atoms with E-state index < -0.39 is 0 Å². The largest absolute Gasteiger partial charge is 0.507 e. The molecule has 3 rings (SSSR count). The SMILES string of the molecule is CC1CCN(C(CNC(=O)c2ccccc2O)c2cccs2)CC1. The molecule has 2 heterocycles. The minimum Gasteiger partial charge on any atom is -0.507 e. The fourth-order valence-corrected chi connectivity index (χ4v) is 4.04. The lowest BCUT2D eigenvalue weighted by Gasteiger charge is -2.36. The summed E-state index contributed by atoms with van der Waals surface area (Å²) in [5.41, 5.74) is 0.328. The summed E-state index contributed by atoms with van der Waals surface area (Å²) in [6, 6.07) is 11.1. The normalized spacial score (nSPS) is 17.5. The Kier molecular flexibility index (Phi) is 5.53. The molecule has 4 nitrogen and oxygen atoms in total. The van der Waals surface area contributed by atoms with Crippen LogP contribution in [0, 0.1) is 5.92 Å². The molecule has 1 aliphatic heterocycles. The number of hydrogen-bond acceptors (Lipinski definition) is 4. The molecule has 0 saturated carbocycles. The molecule has 2 N–H and O–H groups in total. The number of piperidine rings is 1. The lowest BCUT2D eigenvalue weighted by Crippen LogP contribution is -2.41. The number of thiophene rings is 1. The number of aromatic hydroxyl groups is 1. The first-order chi connectivity index (χ1) is 11.6. The van der Waals surface area contributed by atoms with E-state index in [0.29, 0.717) is 12.1 Å². The van der Waals surface area contributed by atoms with Crippen molar-refractivity contribution in [3.63, 3.8) is 0 Å². The quantitative estimate of drug-likeness (QED) is 0.870. The number of hydrogen-bond donors (Lipinski definition) is 2. The van der Waals surface area contributed by atoms with Crippen molar-refractivity contribution in [1.82, 2.24) is 10.2 Å². The van der Waals surface area contributed by atoms with E-state index in [1.54, 1.807) is 29.5 Å². The second-order valence-corrected chi connectivity index (χ2v) is 7.46. The topological polar surface area (TPSA) is 52.6 Å². The molecule has 1 aliphatic rings. The van der Waals surface area contributed by atoms with E-state index in [1.165, 1.54) is 23.8 Å². The molecule has 0 spiro atoms. The van der Waals surface area contributed by atoms with E-state index in [-0.39, 0.29) is 17.7 Å². The molecule has 1 amide bonds. The summed E-state index contributed by atoms with van der Waals surface area (Å²) in [6.07, 6.45) is 2.41. The van der Waals surface area contributed by atoms with Gasteiger partial charge in [-0.05, 0) is 55.4 Å². The number of phenolic OH excluding ortho intramolecular Hbond substituents is 1. The molecule has 5 heteroatoms. The number of nitrogens with zero attached hydrogens (tertiary/aromatic N) is 1. The number of carbonyl (C=O) groups is 1. The number of nitrogens with one attached hydrogen (secondary N) is 1. The van der Waals surface area contributed by atoms with E-state index >= 15 is 0 Å².